The van der Waals surface area contributed by atoms with Crippen molar-refractivity contribution >= 4 is 23.9 Å². The van der Waals surface area contributed by atoms with Gasteiger partial charge in [0.05, 0.1) is 0 Å². The first-order chi connectivity index (χ1) is 12.9. The van der Waals surface area contributed by atoms with Crippen molar-refractivity contribution in [1.82, 2.24) is 0 Å². The first-order valence-corrected chi connectivity index (χ1v) is 8.25. The van der Waals surface area contributed by atoms with Crippen LogP contribution in [0, 0.1) is 0 Å². The Labute approximate surface area is 165 Å². The van der Waals surface area contributed by atoms with Crippen LogP contribution in [0.3, 0.4) is 0 Å². The molecule has 0 spiro atoms. The van der Waals surface area contributed by atoms with Gasteiger partial charge >= 0.3 is 23.9 Å². The Bertz CT molecular complexity index is 618. The van der Waals surface area contributed by atoms with Crippen LogP contribution in [0.25, 0.3) is 0 Å². The standard InChI is InChI=1S/C11H16O4.C9H12O4/c1-7(2)10(12)14-6-9(5)15-11(13)8(3)4;1-4-8(10)12-6-7(3)13-9(11)5-2/h9H,1,3,6H2,2,4-5H3;4-5,7H,1-2,6H2,3H3. The second kappa shape index (κ2) is 15.0. The molecule has 0 heterocycles. The Morgan fingerprint density at radius 3 is 1.61 bits per heavy atom. The van der Waals surface area contributed by atoms with Crippen LogP contribution in [-0.2, 0) is 38.1 Å². The summed E-state index contributed by atoms with van der Waals surface area (Å²) in [5, 5.41) is 0. The molecule has 0 aliphatic rings. The van der Waals surface area contributed by atoms with Crippen LogP contribution in [-0.4, -0.2) is 49.3 Å². The fraction of sp³-hybridized carbons (Fsp3) is 0.400. The summed E-state index contributed by atoms with van der Waals surface area (Å²) in [5.74, 6) is -2.06. The van der Waals surface area contributed by atoms with Gasteiger partial charge in [0.1, 0.15) is 25.4 Å². The topological polar surface area (TPSA) is 105 Å². The molecular formula is C20H28O8. The summed E-state index contributed by atoms with van der Waals surface area (Å²) in [6, 6.07) is 0. The number of rotatable bonds is 10. The largest absolute Gasteiger partial charge is 0.459 e. The second-order valence-corrected chi connectivity index (χ2v) is 5.66. The van der Waals surface area contributed by atoms with E-state index in [0.717, 1.165) is 12.2 Å². The monoisotopic (exact) mass is 396 g/mol. The number of esters is 4. The van der Waals surface area contributed by atoms with E-state index in [1.807, 2.05) is 0 Å². The third-order valence-electron chi connectivity index (χ3n) is 2.57. The highest BCUT2D eigenvalue weighted by Crippen LogP contribution is 2.00. The average Bonchev–Trinajstić information content (AvgIpc) is 2.63. The van der Waals surface area contributed by atoms with Crippen molar-refractivity contribution < 1.29 is 38.1 Å². The first-order valence-electron chi connectivity index (χ1n) is 8.25. The zero-order valence-corrected chi connectivity index (χ0v) is 16.8. The highest BCUT2D eigenvalue weighted by atomic mass is 16.6. The number of ether oxygens (including phenoxy) is 4. The van der Waals surface area contributed by atoms with E-state index in [9.17, 15) is 19.2 Å². The summed E-state index contributed by atoms with van der Waals surface area (Å²) < 4.78 is 19.1. The molecule has 28 heavy (non-hydrogen) atoms. The lowest BCUT2D eigenvalue weighted by atomic mass is 10.3. The summed E-state index contributed by atoms with van der Waals surface area (Å²) in [6.07, 6.45) is 1.13. The molecule has 0 rings (SSSR count). The summed E-state index contributed by atoms with van der Waals surface area (Å²) in [6.45, 7) is 19.7. The minimum absolute atomic E-state index is 0.0183. The van der Waals surface area contributed by atoms with Gasteiger partial charge in [-0.25, -0.2) is 19.2 Å². The Kier molecular flexibility index (Phi) is 14.5. The summed E-state index contributed by atoms with van der Waals surface area (Å²) in [4.78, 5) is 43.2. The van der Waals surface area contributed by atoms with Crippen LogP contribution in [0.5, 0.6) is 0 Å². The van der Waals surface area contributed by atoms with Gasteiger partial charge in [0.2, 0.25) is 0 Å². The van der Waals surface area contributed by atoms with E-state index in [4.69, 9.17) is 14.2 Å². The van der Waals surface area contributed by atoms with E-state index in [0.29, 0.717) is 11.1 Å². The van der Waals surface area contributed by atoms with Crippen molar-refractivity contribution in [3.63, 3.8) is 0 Å². The highest BCUT2D eigenvalue weighted by Gasteiger charge is 2.12. The smallest absolute Gasteiger partial charge is 0.333 e. The molecule has 0 radical (unpaired) electrons. The van der Waals surface area contributed by atoms with Crippen LogP contribution in [0.2, 0.25) is 0 Å². The number of carbonyl (C=O) groups is 4. The van der Waals surface area contributed by atoms with Crippen molar-refractivity contribution in [2.24, 2.45) is 0 Å². The lowest BCUT2D eigenvalue weighted by molar-refractivity contribution is -0.152. The van der Waals surface area contributed by atoms with Gasteiger partial charge < -0.3 is 18.9 Å². The van der Waals surface area contributed by atoms with E-state index >= 15 is 0 Å². The molecule has 0 saturated heterocycles. The Balaban J connectivity index is 0. The molecule has 0 aliphatic carbocycles. The molecule has 2 atom stereocenters. The zero-order valence-electron chi connectivity index (χ0n) is 16.8. The molecule has 0 fully saturated rings. The minimum atomic E-state index is -0.540. The molecule has 0 aromatic rings. The summed E-state index contributed by atoms with van der Waals surface area (Å²) in [5.41, 5.74) is 0.626. The molecule has 0 bridgehead atoms. The fourth-order valence-electron chi connectivity index (χ4n) is 1.17. The summed E-state index contributed by atoms with van der Waals surface area (Å²) in [7, 11) is 0. The highest BCUT2D eigenvalue weighted by molar-refractivity contribution is 5.87. The van der Waals surface area contributed by atoms with Crippen LogP contribution >= 0.6 is 0 Å². The van der Waals surface area contributed by atoms with E-state index in [-0.39, 0.29) is 13.2 Å². The maximum absolute atomic E-state index is 11.1. The van der Waals surface area contributed by atoms with Gasteiger partial charge in [0.15, 0.2) is 0 Å². The lowest BCUT2D eigenvalue weighted by Gasteiger charge is -2.13. The van der Waals surface area contributed by atoms with Gasteiger partial charge in [0.25, 0.3) is 0 Å². The maximum Gasteiger partial charge on any atom is 0.333 e. The molecule has 8 nitrogen and oxygen atoms in total. The molecule has 0 amide bonds. The van der Waals surface area contributed by atoms with Gasteiger partial charge in [-0.15, -0.1) is 0 Å². The van der Waals surface area contributed by atoms with Crippen molar-refractivity contribution in [3.8, 4) is 0 Å². The Hall–Kier alpha value is -3.16. The lowest BCUT2D eigenvalue weighted by Crippen LogP contribution is -2.22. The van der Waals surface area contributed by atoms with Crippen molar-refractivity contribution in [3.05, 3.63) is 49.6 Å². The number of hydrogen-bond donors (Lipinski definition) is 0. The molecule has 0 aliphatic heterocycles. The third-order valence-corrected chi connectivity index (χ3v) is 2.57. The minimum Gasteiger partial charge on any atom is -0.459 e. The molecule has 0 aromatic heterocycles. The van der Waals surface area contributed by atoms with Gasteiger partial charge in [-0.2, -0.15) is 0 Å². The zero-order chi connectivity index (χ0) is 22.3. The van der Waals surface area contributed by atoms with E-state index in [1.54, 1.807) is 27.7 Å². The van der Waals surface area contributed by atoms with Gasteiger partial charge in [-0.3, -0.25) is 0 Å². The molecular weight excluding hydrogens is 368 g/mol. The normalized spacial score (nSPS) is 11.3. The third kappa shape index (κ3) is 15.1. The molecule has 0 saturated carbocycles. The van der Waals surface area contributed by atoms with Crippen molar-refractivity contribution in [2.75, 3.05) is 13.2 Å². The average molecular weight is 396 g/mol. The number of hydrogen-bond acceptors (Lipinski definition) is 8. The first kappa shape index (κ1) is 27.1. The van der Waals surface area contributed by atoms with Crippen LogP contribution in [0.15, 0.2) is 49.6 Å². The number of carbonyl (C=O) groups excluding carboxylic acids is 4. The molecule has 2 unspecified atom stereocenters. The molecule has 156 valence electrons. The Morgan fingerprint density at radius 1 is 0.750 bits per heavy atom. The van der Waals surface area contributed by atoms with Gasteiger partial charge in [-0.05, 0) is 27.7 Å². The van der Waals surface area contributed by atoms with Crippen molar-refractivity contribution in [1.29, 1.82) is 0 Å². The van der Waals surface area contributed by atoms with E-state index in [2.05, 4.69) is 31.1 Å². The molecule has 0 aromatic carbocycles. The van der Waals surface area contributed by atoms with Crippen LogP contribution < -0.4 is 0 Å². The van der Waals surface area contributed by atoms with E-state index in [1.165, 1.54) is 0 Å². The predicted octanol–water partition coefficient (Wildman–Crippen LogP) is 2.45. The van der Waals surface area contributed by atoms with Gasteiger partial charge in [0, 0.05) is 23.3 Å². The summed E-state index contributed by atoms with van der Waals surface area (Å²) >= 11 is 0. The quantitative estimate of drug-likeness (QED) is 0.315. The van der Waals surface area contributed by atoms with Gasteiger partial charge in [-0.1, -0.05) is 26.3 Å². The van der Waals surface area contributed by atoms with E-state index < -0.39 is 36.1 Å². The predicted molar refractivity (Wildman–Crippen MR) is 103 cm³/mol. The molecule has 0 N–H and O–H groups in total. The fourth-order valence-corrected chi connectivity index (χ4v) is 1.17. The maximum atomic E-state index is 11.1. The second-order valence-electron chi connectivity index (χ2n) is 5.66. The Morgan fingerprint density at radius 2 is 1.18 bits per heavy atom. The molecule has 8 heteroatoms. The van der Waals surface area contributed by atoms with Crippen molar-refractivity contribution in [2.45, 2.75) is 39.9 Å². The SMILES string of the molecule is C=C(C)C(=O)OCC(C)OC(=O)C(=C)C.C=CC(=O)OCC(C)OC(=O)C=C. The van der Waals surface area contributed by atoms with Crippen LogP contribution in [0.1, 0.15) is 27.7 Å². The van der Waals surface area contributed by atoms with Crippen LogP contribution in [0.4, 0.5) is 0 Å².